The number of amides is 1. The summed E-state index contributed by atoms with van der Waals surface area (Å²) in [6.45, 7) is 0. The quantitative estimate of drug-likeness (QED) is 0.857. The second-order valence-electron chi connectivity index (χ2n) is 5.44. The van der Waals surface area contributed by atoms with Crippen molar-refractivity contribution in [3.05, 3.63) is 46.2 Å². The Morgan fingerprint density at radius 1 is 1.13 bits per heavy atom. The van der Waals surface area contributed by atoms with Crippen molar-refractivity contribution in [2.45, 2.75) is 31.7 Å². The molecule has 0 radical (unpaired) electrons. The molecule has 0 bridgehead atoms. The molecule has 1 aromatic heterocycles. The number of rotatable bonds is 4. The molecule has 23 heavy (non-hydrogen) atoms. The van der Waals surface area contributed by atoms with Crippen molar-refractivity contribution in [1.82, 2.24) is 9.97 Å². The van der Waals surface area contributed by atoms with Gasteiger partial charge in [-0.05, 0) is 31.0 Å². The first kappa shape index (κ1) is 16.0. The molecule has 1 saturated carbocycles. The van der Waals surface area contributed by atoms with E-state index in [1.807, 2.05) is 0 Å². The molecule has 5 nitrogen and oxygen atoms in total. The van der Waals surface area contributed by atoms with Gasteiger partial charge in [0.15, 0.2) is 0 Å². The lowest BCUT2D eigenvalue weighted by molar-refractivity contribution is 0.102. The molecule has 0 aliphatic heterocycles. The highest BCUT2D eigenvalue weighted by molar-refractivity contribution is 6.39. The van der Waals surface area contributed by atoms with Gasteiger partial charge in [-0.15, -0.1) is 0 Å². The number of nitrogens with one attached hydrogen (secondary N) is 2. The minimum absolute atomic E-state index is 0.261. The van der Waals surface area contributed by atoms with Gasteiger partial charge in [0.05, 0.1) is 15.7 Å². The maximum atomic E-state index is 12.4. The van der Waals surface area contributed by atoms with Crippen LogP contribution in [-0.4, -0.2) is 21.9 Å². The van der Waals surface area contributed by atoms with Gasteiger partial charge in [-0.3, -0.25) is 4.79 Å². The Morgan fingerprint density at radius 3 is 2.52 bits per heavy atom. The molecule has 120 valence electrons. The van der Waals surface area contributed by atoms with Crippen molar-refractivity contribution in [3.8, 4) is 0 Å². The molecule has 1 amide bonds. The number of carbonyl (C=O) groups excluding carboxylic acids is 1. The van der Waals surface area contributed by atoms with Crippen molar-refractivity contribution in [3.63, 3.8) is 0 Å². The van der Waals surface area contributed by atoms with Crippen molar-refractivity contribution in [2.75, 3.05) is 10.6 Å². The van der Waals surface area contributed by atoms with Gasteiger partial charge in [0, 0.05) is 12.2 Å². The van der Waals surface area contributed by atoms with Crippen molar-refractivity contribution >= 4 is 40.7 Å². The highest BCUT2D eigenvalue weighted by Crippen LogP contribution is 2.30. The van der Waals surface area contributed by atoms with Crippen LogP contribution in [0.4, 0.5) is 11.6 Å². The van der Waals surface area contributed by atoms with Crippen LogP contribution in [-0.2, 0) is 0 Å². The van der Waals surface area contributed by atoms with Crippen LogP contribution < -0.4 is 10.6 Å². The largest absolute Gasteiger partial charge is 0.351 e. The summed E-state index contributed by atoms with van der Waals surface area (Å²) >= 11 is 12.1. The van der Waals surface area contributed by atoms with Gasteiger partial charge < -0.3 is 10.6 Å². The van der Waals surface area contributed by atoms with Crippen LogP contribution >= 0.6 is 23.2 Å². The van der Waals surface area contributed by atoms with E-state index in [4.69, 9.17) is 23.2 Å². The molecule has 3 rings (SSSR count). The summed E-state index contributed by atoms with van der Waals surface area (Å²) in [5.41, 5.74) is 0.640. The smallest absolute Gasteiger partial charge is 0.274 e. The third-order valence-electron chi connectivity index (χ3n) is 3.78. The van der Waals surface area contributed by atoms with Crippen LogP contribution in [0.2, 0.25) is 10.0 Å². The van der Waals surface area contributed by atoms with Gasteiger partial charge in [0.1, 0.15) is 5.69 Å². The van der Waals surface area contributed by atoms with Gasteiger partial charge in [-0.25, -0.2) is 9.97 Å². The summed E-state index contributed by atoms with van der Waals surface area (Å²) in [4.78, 5) is 20.8. The number of benzene rings is 1. The number of hydrogen-bond donors (Lipinski definition) is 2. The Balaban J connectivity index is 1.74. The van der Waals surface area contributed by atoms with Crippen molar-refractivity contribution in [1.29, 1.82) is 0 Å². The summed E-state index contributed by atoms with van der Waals surface area (Å²) in [6.07, 6.45) is 6.20. The highest BCUT2D eigenvalue weighted by Gasteiger charge is 2.17. The van der Waals surface area contributed by atoms with Crippen LogP contribution in [0.5, 0.6) is 0 Å². The zero-order valence-electron chi connectivity index (χ0n) is 12.4. The average Bonchev–Trinajstić information content (AvgIpc) is 3.04. The third kappa shape index (κ3) is 3.92. The molecule has 0 atom stereocenters. The van der Waals surface area contributed by atoms with Gasteiger partial charge in [0.25, 0.3) is 5.91 Å². The minimum Gasteiger partial charge on any atom is -0.351 e. The zero-order valence-corrected chi connectivity index (χ0v) is 13.9. The lowest BCUT2D eigenvalue weighted by atomic mass is 10.2. The Bertz CT molecular complexity index is 697. The number of hydrogen-bond acceptors (Lipinski definition) is 4. The fraction of sp³-hybridized carbons (Fsp3) is 0.312. The first-order chi connectivity index (χ1) is 11.1. The molecule has 0 unspecified atom stereocenters. The van der Waals surface area contributed by atoms with E-state index in [1.165, 1.54) is 12.8 Å². The number of carbonyl (C=O) groups is 1. The van der Waals surface area contributed by atoms with Crippen molar-refractivity contribution < 1.29 is 4.79 Å². The Morgan fingerprint density at radius 2 is 1.83 bits per heavy atom. The molecule has 0 spiro atoms. The van der Waals surface area contributed by atoms with E-state index in [9.17, 15) is 4.79 Å². The lowest BCUT2D eigenvalue weighted by Crippen LogP contribution is -2.19. The third-order valence-corrected chi connectivity index (χ3v) is 4.41. The van der Waals surface area contributed by atoms with Crippen LogP contribution in [0.1, 0.15) is 36.2 Å². The maximum Gasteiger partial charge on any atom is 0.274 e. The van der Waals surface area contributed by atoms with Gasteiger partial charge in [-0.2, -0.15) is 0 Å². The molecule has 1 aromatic carbocycles. The second-order valence-corrected chi connectivity index (χ2v) is 6.26. The molecule has 2 N–H and O–H groups in total. The van der Waals surface area contributed by atoms with Crippen LogP contribution in [0.25, 0.3) is 0 Å². The van der Waals surface area contributed by atoms with E-state index >= 15 is 0 Å². The van der Waals surface area contributed by atoms with Gasteiger partial charge in [0.2, 0.25) is 5.95 Å². The molecule has 1 aliphatic rings. The van der Waals surface area contributed by atoms with E-state index in [0.717, 1.165) is 12.8 Å². The minimum atomic E-state index is -0.378. The topological polar surface area (TPSA) is 66.9 Å². The second kappa shape index (κ2) is 7.15. The fourth-order valence-corrected chi connectivity index (χ4v) is 3.09. The monoisotopic (exact) mass is 350 g/mol. The number of para-hydroxylation sites is 1. The molecule has 1 heterocycles. The van der Waals surface area contributed by atoms with E-state index in [1.54, 1.807) is 30.5 Å². The van der Waals surface area contributed by atoms with E-state index in [-0.39, 0.29) is 11.6 Å². The molecular weight excluding hydrogens is 335 g/mol. The van der Waals surface area contributed by atoms with E-state index in [0.29, 0.717) is 27.7 Å². The number of anilines is 2. The molecule has 1 aliphatic carbocycles. The van der Waals surface area contributed by atoms with E-state index in [2.05, 4.69) is 20.6 Å². The predicted molar refractivity (Wildman–Crippen MR) is 92.3 cm³/mol. The average molecular weight is 351 g/mol. The van der Waals surface area contributed by atoms with Crippen LogP contribution in [0, 0.1) is 0 Å². The summed E-state index contributed by atoms with van der Waals surface area (Å²) in [5, 5.41) is 6.72. The highest BCUT2D eigenvalue weighted by atomic mass is 35.5. The van der Waals surface area contributed by atoms with Gasteiger partial charge >= 0.3 is 0 Å². The first-order valence-corrected chi connectivity index (χ1v) is 8.24. The molecule has 2 aromatic rings. The summed E-state index contributed by atoms with van der Waals surface area (Å²) in [6, 6.07) is 6.98. The van der Waals surface area contributed by atoms with Crippen LogP contribution in [0.15, 0.2) is 30.5 Å². The molecule has 1 fully saturated rings. The summed E-state index contributed by atoms with van der Waals surface area (Å²) in [7, 11) is 0. The van der Waals surface area contributed by atoms with Crippen LogP contribution in [0.3, 0.4) is 0 Å². The zero-order chi connectivity index (χ0) is 16.2. The fourth-order valence-electron chi connectivity index (χ4n) is 2.60. The van der Waals surface area contributed by atoms with Crippen molar-refractivity contribution in [2.24, 2.45) is 0 Å². The van der Waals surface area contributed by atoms with E-state index < -0.39 is 0 Å². The Kier molecular flexibility index (Phi) is 4.98. The standard InChI is InChI=1S/C16H16Cl2N4O/c17-11-6-3-7-12(18)14(11)22-15(23)13-8-9-19-16(21-13)20-10-4-1-2-5-10/h3,6-10H,1-2,4-5H2,(H,22,23)(H,19,20,21). The maximum absolute atomic E-state index is 12.4. The predicted octanol–water partition coefficient (Wildman–Crippen LogP) is 4.39. The molecular formula is C16H16Cl2N4O. The summed E-state index contributed by atoms with van der Waals surface area (Å²) < 4.78 is 0. The first-order valence-electron chi connectivity index (χ1n) is 7.48. The molecule has 0 saturated heterocycles. The molecule has 7 heteroatoms. The van der Waals surface area contributed by atoms with Gasteiger partial charge in [-0.1, -0.05) is 42.1 Å². The number of halogens is 2. The number of aromatic nitrogens is 2. The summed E-state index contributed by atoms with van der Waals surface area (Å²) in [5.74, 6) is 0.0895. The Hall–Kier alpha value is -1.85. The SMILES string of the molecule is O=C(Nc1c(Cl)cccc1Cl)c1ccnc(NC2CCCC2)n1. The Labute approximate surface area is 144 Å². The number of nitrogens with zero attached hydrogens (tertiary/aromatic N) is 2. The normalized spacial score (nSPS) is 14.7. The lowest BCUT2D eigenvalue weighted by Gasteiger charge is -2.12.